The number of ketones is 1. The highest BCUT2D eigenvalue weighted by atomic mass is 16.5. The van der Waals surface area contributed by atoms with E-state index in [2.05, 4.69) is 17.4 Å². The zero-order valence-electron chi connectivity index (χ0n) is 12.8. The number of carbonyl (C=O) groups excluding carboxylic acids is 1. The molecule has 0 heterocycles. The number of hydrogen-bond donors (Lipinski definition) is 2. The fourth-order valence-corrected chi connectivity index (χ4v) is 2.19. The van der Waals surface area contributed by atoms with Gasteiger partial charge in [0.2, 0.25) is 0 Å². The highest BCUT2D eigenvalue weighted by Crippen LogP contribution is 2.22. The van der Waals surface area contributed by atoms with Crippen molar-refractivity contribution in [1.29, 1.82) is 0 Å². The van der Waals surface area contributed by atoms with Crippen LogP contribution in [0.5, 0.6) is 5.75 Å². The van der Waals surface area contributed by atoms with Crippen LogP contribution in [0.1, 0.15) is 22.8 Å². The van der Waals surface area contributed by atoms with E-state index in [4.69, 9.17) is 10.5 Å². The Morgan fingerprint density at radius 3 is 2.64 bits per heavy atom. The van der Waals surface area contributed by atoms with Crippen LogP contribution in [0.2, 0.25) is 0 Å². The molecule has 2 rings (SSSR count). The molecule has 4 heteroatoms. The van der Waals surface area contributed by atoms with Crippen LogP contribution in [-0.2, 0) is 6.42 Å². The van der Waals surface area contributed by atoms with Crippen molar-refractivity contribution in [2.24, 2.45) is 0 Å². The lowest BCUT2D eigenvalue weighted by molar-refractivity contribution is 0.0991. The molecule has 0 aliphatic rings. The number of ether oxygens (including phenoxy) is 1. The Morgan fingerprint density at radius 1 is 1.18 bits per heavy atom. The quantitative estimate of drug-likeness (QED) is 0.447. The van der Waals surface area contributed by atoms with E-state index < -0.39 is 0 Å². The van der Waals surface area contributed by atoms with Crippen molar-refractivity contribution in [3.63, 3.8) is 0 Å². The van der Waals surface area contributed by atoms with Gasteiger partial charge in [0, 0.05) is 5.56 Å². The average molecular weight is 298 g/mol. The highest BCUT2D eigenvalue weighted by molar-refractivity contribution is 5.98. The summed E-state index contributed by atoms with van der Waals surface area (Å²) in [5.41, 5.74) is 8.24. The van der Waals surface area contributed by atoms with Crippen molar-refractivity contribution in [2.45, 2.75) is 13.3 Å². The standard InChI is InChI=1S/C18H22N2O2/c1-2-22-18-9-8-15(12-16(18)19)17(21)13-20-11-10-14-6-4-3-5-7-14/h3-9,12,20H,2,10-11,13,19H2,1H3. The Kier molecular flexibility index (Phi) is 5.98. The second kappa shape index (κ2) is 8.20. The molecule has 2 aromatic carbocycles. The number of rotatable bonds is 8. The minimum atomic E-state index is 0.0304. The maximum atomic E-state index is 12.1. The van der Waals surface area contributed by atoms with Crippen LogP contribution >= 0.6 is 0 Å². The van der Waals surface area contributed by atoms with Crippen LogP contribution in [-0.4, -0.2) is 25.5 Å². The van der Waals surface area contributed by atoms with Crippen molar-refractivity contribution in [2.75, 3.05) is 25.4 Å². The summed E-state index contributed by atoms with van der Waals surface area (Å²) in [5, 5.41) is 3.17. The first-order valence-corrected chi connectivity index (χ1v) is 7.51. The first-order chi connectivity index (χ1) is 10.7. The van der Waals surface area contributed by atoms with E-state index >= 15 is 0 Å². The summed E-state index contributed by atoms with van der Waals surface area (Å²) in [6, 6.07) is 15.4. The SMILES string of the molecule is CCOc1ccc(C(=O)CNCCc2ccccc2)cc1N. The molecule has 0 aliphatic carbocycles. The lowest BCUT2D eigenvalue weighted by Gasteiger charge is -2.09. The van der Waals surface area contributed by atoms with Gasteiger partial charge in [0.15, 0.2) is 5.78 Å². The summed E-state index contributed by atoms with van der Waals surface area (Å²) in [5.74, 6) is 0.652. The van der Waals surface area contributed by atoms with E-state index in [-0.39, 0.29) is 5.78 Å². The number of benzene rings is 2. The molecule has 0 saturated heterocycles. The van der Waals surface area contributed by atoms with Gasteiger partial charge in [-0.05, 0) is 43.7 Å². The molecule has 22 heavy (non-hydrogen) atoms. The molecule has 0 spiro atoms. The first kappa shape index (κ1) is 16.0. The zero-order valence-corrected chi connectivity index (χ0v) is 12.8. The second-order valence-electron chi connectivity index (χ2n) is 5.02. The van der Waals surface area contributed by atoms with Gasteiger partial charge in [0.25, 0.3) is 0 Å². The van der Waals surface area contributed by atoms with E-state index in [9.17, 15) is 4.79 Å². The van der Waals surface area contributed by atoms with Crippen LogP contribution in [0, 0.1) is 0 Å². The van der Waals surface area contributed by atoms with Gasteiger partial charge in [-0.1, -0.05) is 30.3 Å². The van der Waals surface area contributed by atoms with E-state index in [0.29, 0.717) is 30.2 Å². The summed E-state index contributed by atoms with van der Waals surface area (Å²) in [7, 11) is 0. The third kappa shape index (κ3) is 4.60. The topological polar surface area (TPSA) is 64.3 Å². The third-order valence-electron chi connectivity index (χ3n) is 3.35. The fourth-order valence-electron chi connectivity index (χ4n) is 2.19. The summed E-state index contributed by atoms with van der Waals surface area (Å²) < 4.78 is 5.37. The smallest absolute Gasteiger partial charge is 0.176 e. The first-order valence-electron chi connectivity index (χ1n) is 7.51. The van der Waals surface area contributed by atoms with Gasteiger partial charge in [-0.3, -0.25) is 4.79 Å². The summed E-state index contributed by atoms with van der Waals surface area (Å²) >= 11 is 0. The van der Waals surface area contributed by atoms with Crippen LogP contribution in [0.25, 0.3) is 0 Å². The van der Waals surface area contributed by atoms with Crippen LogP contribution in [0.4, 0.5) is 5.69 Å². The monoisotopic (exact) mass is 298 g/mol. The molecule has 116 valence electrons. The van der Waals surface area contributed by atoms with Gasteiger partial charge in [-0.15, -0.1) is 0 Å². The molecular formula is C18H22N2O2. The Labute approximate surface area is 131 Å². The number of anilines is 1. The third-order valence-corrected chi connectivity index (χ3v) is 3.35. The van der Waals surface area contributed by atoms with Crippen LogP contribution < -0.4 is 15.8 Å². The fraction of sp³-hybridized carbons (Fsp3) is 0.278. The molecule has 3 N–H and O–H groups in total. The molecular weight excluding hydrogens is 276 g/mol. The highest BCUT2D eigenvalue weighted by Gasteiger charge is 2.08. The Bertz CT molecular complexity index is 612. The van der Waals surface area contributed by atoms with Gasteiger partial charge >= 0.3 is 0 Å². The lowest BCUT2D eigenvalue weighted by Crippen LogP contribution is -2.25. The van der Waals surface area contributed by atoms with E-state index in [0.717, 1.165) is 13.0 Å². The molecule has 0 amide bonds. The van der Waals surface area contributed by atoms with E-state index in [1.54, 1.807) is 18.2 Å². The summed E-state index contributed by atoms with van der Waals surface area (Å²) in [6.07, 6.45) is 0.902. The van der Waals surface area contributed by atoms with Crippen molar-refractivity contribution in [3.8, 4) is 5.75 Å². The Balaban J connectivity index is 1.81. The number of nitrogens with one attached hydrogen (secondary N) is 1. The average Bonchev–Trinajstić information content (AvgIpc) is 2.54. The molecule has 0 atom stereocenters. The number of hydrogen-bond acceptors (Lipinski definition) is 4. The predicted molar refractivity (Wildman–Crippen MR) is 89.4 cm³/mol. The number of nitrogens with two attached hydrogens (primary N) is 1. The molecule has 4 nitrogen and oxygen atoms in total. The van der Waals surface area contributed by atoms with Crippen molar-refractivity contribution in [3.05, 3.63) is 59.7 Å². The van der Waals surface area contributed by atoms with Crippen molar-refractivity contribution in [1.82, 2.24) is 5.32 Å². The van der Waals surface area contributed by atoms with Crippen molar-refractivity contribution >= 4 is 11.5 Å². The van der Waals surface area contributed by atoms with Gasteiger partial charge < -0.3 is 15.8 Å². The van der Waals surface area contributed by atoms with Gasteiger partial charge in [-0.2, -0.15) is 0 Å². The predicted octanol–water partition coefficient (Wildman–Crippen LogP) is 2.68. The second-order valence-corrected chi connectivity index (χ2v) is 5.02. The number of Topliss-reactive ketones (excluding diaryl/α,β-unsaturated/α-hetero) is 1. The van der Waals surface area contributed by atoms with E-state index in [1.807, 2.05) is 25.1 Å². The molecule has 0 bridgehead atoms. The maximum absolute atomic E-state index is 12.1. The summed E-state index contributed by atoms with van der Waals surface area (Å²) in [6.45, 7) is 3.52. The molecule has 0 fully saturated rings. The minimum Gasteiger partial charge on any atom is -0.492 e. The maximum Gasteiger partial charge on any atom is 0.176 e. The Morgan fingerprint density at radius 2 is 1.95 bits per heavy atom. The molecule has 0 aromatic heterocycles. The normalized spacial score (nSPS) is 10.4. The minimum absolute atomic E-state index is 0.0304. The number of carbonyl (C=O) groups is 1. The lowest BCUT2D eigenvalue weighted by atomic mass is 10.1. The summed E-state index contributed by atoms with van der Waals surface area (Å²) in [4.78, 5) is 12.1. The largest absolute Gasteiger partial charge is 0.492 e. The molecule has 0 radical (unpaired) electrons. The molecule has 0 unspecified atom stereocenters. The molecule has 0 aliphatic heterocycles. The van der Waals surface area contributed by atoms with Crippen molar-refractivity contribution < 1.29 is 9.53 Å². The van der Waals surface area contributed by atoms with Crippen LogP contribution in [0.15, 0.2) is 48.5 Å². The Hall–Kier alpha value is -2.33. The van der Waals surface area contributed by atoms with Crippen LogP contribution in [0.3, 0.4) is 0 Å². The molecule has 2 aromatic rings. The number of nitrogen functional groups attached to an aromatic ring is 1. The van der Waals surface area contributed by atoms with Gasteiger partial charge in [0.1, 0.15) is 5.75 Å². The zero-order chi connectivity index (χ0) is 15.8. The van der Waals surface area contributed by atoms with E-state index in [1.165, 1.54) is 5.56 Å². The van der Waals surface area contributed by atoms with Gasteiger partial charge in [-0.25, -0.2) is 0 Å². The molecule has 0 saturated carbocycles. The van der Waals surface area contributed by atoms with Gasteiger partial charge in [0.05, 0.1) is 18.8 Å².